The summed E-state index contributed by atoms with van der Waals surface area (Å²) in [5.74, 6) is -0.0625. The molecule has 0 aliphatic heterocycles. The average molecular weight is 413 g/mol. The molecule has 7 nitrogen and oxygen atoms in total. The number of pyridine rings is 1. The van der Waals surface area contributed by atoms with Crippen molar-refractivity contribution in [1.82, 2.24) is 4.57 Å². The molecule has 0 saturated carbocycles. The minimum absolute atomic E-state index is 0.0107. The summed E-state index contributed by atoms with van der Waals surface area (Å²) < 4.78 is 1.23. The van der Waals surface area contributed by atoms with Crippen molar-refractivity contribution in [1.29, 1.82) is 5.26 Å². The van der Waals surface area contributed by atoms with E-state index >= 15 is 0 Å². The number of aliphatic imine (C=N–C) groups is 1. The lowest BCUT2D eigenvalue weighted by atomic mass is 10.1. The van der Waals surface area contributed by atoms with Crippen LogP contribution in [-0.2, 0) is 6.54 Å². The molecule has 0 amide bonds. The Morgan fingerprint density at radius 2 is 1.61 bits per heavy atom. The normalized spacial score (nSPS) is 11.5. The third-order valence-corrected chi connectivity index (χ3v) is 4.62. The molecular weight excluding hydrogens is 390 g/mol. The van der Waals surface area contributed by atoms with Crippen LogP contribution in [0, 0.1) is 24.2 Å². The number of aromatic nitrogens is 1. The maximum Gasteiger partial charge on any atom is 0.271 e. The predicted molar refractivity (Wildman–Crippen MR) is 121 cm³/mol. The molecule has 2 aromatic carbocycles. The Morgan fingerprint density at radius 1 is 1.03 bits per heavy atom. The van der Waals surface area contributed by atoms with E-state index in [1.165, 1.54) is 10.8 Å². The van der Waals surface area contributed by atoms with E-state index in [0.29, 0.717) is 29.0 Å². The molecule has 0 unspecified atom stereocenters. The van der Waals surface area contributed by atoms with E-state index in [1.54, 1.807) is 31.2 Å². The minimum atomic E-state index is -0.489. The molecule has 3 aromatic rings. The highest BCUT2D eigenvalue weighted by Crippen LogP contribution is 2.24. The Hall–Kier alpha value is -4.05. The lowest BCUT2D eigenvalue weighted by molar-refractivity contribution is 0.381. The van der Waals surface area contributed by atoms with Gasteiger partial charge in [0.1, 0.15) is 11.6 Å². The van der Waals surface area contributed by atoms with Crippen molar-refractivity contribution in [3.63, 3.8) is 0 Å². The molecule has 0 saturated heterocycles. The van der Waals surface area contributed by atoms with Crippen molar-refractivity contribution in [2.75, 3.05) is 0 Å². The van der Waals surface area contributed by atoms with Gasteiger partial charge in [-0.15, -0.1) is 0 Å². The zero-order chi connectivity index (χ0) is 22.4. The summed E-state index contributed by atoms with van der Waals surface area (Å²) in [5.41, 5.74) is 2.36. The first-order valence-electron chi connectivity index (χ1n) is 9.88. The van der Waals surface area contributed by atoms with E-state index in [4.69, 9.17) is 0 Å². The van der Waals surface area contributed by atoms with Crippen LogP contribution in [0.3, 0.4) is 0 Å². The van der Waals surface area contributed by atoms with Gasteiger partial charge in [0.2, 0.25) is 5.88 Å². The van der Waals surface area contributed by atoms with E-state index in [1.807, 2.05) is 50.2 Å². The number of benzene rings is 2. The molecule has 0 bridgehead atoms. The zero-order valence-corrected chi connectivity index (χ0v) is 17.6. The van der Waals surface area contributed by atoms with Crippen molar-refractivity contribution in [3.8, 4) is 11.9 Å². The van der Waals surface area contributed by atoms with Gasteiger partial charge in [0, 0.05) is 12.8 Å². The van der Waals surface area contributed by atoms with Crippen molar-refractivity contribution in [2.45, 2.75) is 27.3 Å². The molecule has 0 aliphatic rings. The Bertz CT molecular complexity index is 1220. The highest BCUT2D eigenvalue weighted by Gasteiger charge is 2.18. The average Bonchev–Trinajstić information content (AvgIpc) is 2.77. The van der Waals surface area contributed by atoms with Crippen LogP contribution in [0.1, 0.15) is 30.5 Å². The van der Waals surface area contributed by atoms with Crippen molar-refractivity contribution in [3.05, 3.63) is 81.6 Å². The summed E-state index contributed by atoms with van der Waals surface area (Å²) in [4.78, 5) is 16.9. The molecule has 0 radical (unpaired) electrons. The summed E-state index contributed by atoms with van der Waals surface area (Å²) in [6.45, 7) is 5.81. The van der Waals surface area contributed by atoms with Crippen LogP contribution in [-0.4, -0.2) is 15.9 Å². The molecule has 31 heavy (non-hydrogen) atoms. The van der Waals surface area contributed by atoms with Gasteiger partial charge in [0.25, 0.3) is 5.56 Å². The Kier molecular flexibility index (Phi) is 6.73. The van der Waals surface area contributed by atoms with Gasteiger partial charge in [-0.1, -0.05) is 32.0 Å². The molecule has 156 valence electrons. The summed E-state index contributed by atoms with van der Waals surface area (Å²) in [5, 5.41) is 28.4. The number of aromatic hydroxyl groups is 1. The topological polar surface area (TPSA) is 103 Å². The summed E-state index contributed by atoms with van der Waals surface area (Å²) in [7, 11) is 0. The summed E-state index contributed by atoms with van der Waals surface area (Å²) in [6, 6.07) is 18.5. The molecule has 7 heteroatoms. The second kappa shape index (κ2) is 9.63. The molecule has 0 spiro atoms. The third-order valence-electron chi connectivity index (χ3n) is 4.62. The van der Waals surface area contributed by atoms with E-state index in [2.05, 4.69) is 15.2 Å². The SMILES string of the molecule is Cc1c(C=Nc2ccc(N=Nc3ccccc3)cc2)c(O)n(CC(C)C)c(=O)c1C#N. The van der Waals surface area contributed by atoms with Gasteiger partial charge >= 0.3 is 0 Å². The van der Waals surface area contributed by atoms with E-state index in [0.717, 1.165) is 5.69 Å². The number of nitrogens with zero attached hydrogens (tertiary/aromatic N) is 5. The van der Waals surface area contributed by atoms with Crippen LogP contribution in [0.15, 0.2) is 74.6 Å². The van der Waals surface area contributed by atoms with Crippen LogP contribution >= 0.6 is 0 Å². The standard InChI is InChI=1S/C24H23N5O2/c1-16(2)15-29-23(30)21(13-25)17(3)22(24(29)31)14-26-18-9-11-20(12-10-18)28-27-19-7-5-4-6-8-19/h4-12,14,16,31H,15H2,1-3H3. The monoisotopic (exact) mass is 413 g/mol. The first kappa shape index (κ1) is 21.7. The number of hydrogen-bond acceptors (Lipinski definition) is 6. The van der Waals surface area contributed by atoms with E-state index in [-0.39, 0.29) is 17.4 Å². The number of rotatable bonds is 6. The maximum atomic E-state index is 12.5. The van der Waals surface area contributed by atoms with Gasteiger partial charge in [-0.2, -0.15) is 15.5 Å². The van der Waals surface area contributed by atoms with Crippen LogP contribution in [0.2, 0.25) is 0 Å². The fourth-order valence-corrected chi connectivity index (χ4v) is 3.01. The molecule has 3 rings (SSSR count). The largest absolute Gasteiger partial charge is 0.494 e. The second-order valence-electron chi connectivity index (χ2n) is 7.47. The molecule has 0 fully saturated rings. The highest BCUT2D eigenvalue weighted by molar-refractivity contribution is 5.87. The van der Waals surface area contributed by atoms with Crippen molar-refractivity contribution in [2.24, 2.45) is 21.1 Å². The first-order chi connectivity index (χ1) is 14.9. The van der Waals surface area contributed by atoms with Crippen LogP contribution in [0.25, 0.3) is 0 Å². The number of hydrogen-bond donors (Lipinski definition) is 1. The predicted octanol–water partition coefficient (Wildman–Crippen LogP) is 5.56. The first-order valence-corrected chi connectivity index (χ1v) is 9.88. The van der Waals surface area contributed by atoms with Crippen molar-refractivity contribution >= 4 is 23.3 Å². The van der Waals surface area contributed by atoms with Crippen LogP contribution in [0.5, 0.6) is 5.88 Å². The van der Waals surface area contributed by atoms with E-state index < -0.39 is 5.56 Å². The highest BCUT2D eigenvalue weighted by atomic mass is 16.3. The third kappa shape index (κ3) is 5.11. The number of azo groups is 1. The summed E-state index contributed by atoms with van der Waals surface area (Å²) >= 11 is 0. The van der Waals surface area contributed by atoms with Gasteiger partial charge in [-0.3, -0.25) is 14.4 Å². The molecular formula is C24H23N5O2. The molecule has 0 atom stereocenters. The maximum absolute atomic E-state index is 12.5. The molecule has 1 heterocycles. The number of nitriles is 1. The van der Waals surface area contributed by atoms with Crippen LogP contribution in [0.4, 0.5) is 17.1 Å². The Morgan fingerprint density at radius 3 is 2.19 bits per heavy atom. The lowest BCUT2D eigenvalue weighted by Gasteiger charge is -2.15. The molecule has 1 N–H and O–H groups in total. The quantitative estimate of drug-likeness (QED) is 0.423. The van der Waals surface area contributed by atoms with Gasteiger partial charge in [0.05, 0.1) is 22.6 Å². The fraction of sp³-hybridized carbons (Fsp3) is 0.208. The molecule has 1 aromatic heterocycles. The lowest BCUT2D eigenvalue weighted by Crippen LogP contribution is -2.27. The minimum Gasteiger partial charge on any atom is -0.494 e. The summed E-state index contributed by atoms with van der Waals surface area (Å²) in [6.07, 6.45) is 1.47. The van der Waals surface area contributed by atoms with Gasteiger partial charge < -0.3 is 5.11 Å². The smallest absolute Gasteiger partial charge is 0.271 e. The van der Waals surface area contributed by atoms with Gasteiger partial charge in [-0.05, 0) is 54.8 Å². The second-order valence-corrected chi connectivity index (χ2v) is 7.47. The fourth-order valence-electron chi connectivity index (χ4n) is 3.01. The van der Waals surface area contributed by atoms with Gasteiger partial charge in [0.15, 0.2) is 0 Å². The Balaban J connectivity index is 1.88. The van der Waals surface area contributed by atoms with Crippen molar-refractivity contribution < 1.29 is 5.11 Å². The van der Waals surface area contributed by atoms with E-state index in [9.17, 15) is 15.2 Å². The van der Waals surface area contributed by atoms with Gasteiger partial charge in [-0.25, -0.2) is 0 Å². The zero-order valence-electron chi connectivity index (χ0n) is 17.6. The van der Waals surface area contributed by atoms with Crippen LogP contribution < -0.4 is 5.56 Å². The molecule has 0 aliphatic carbocycles. The Labute approximate surface area is 180 Å².